The lowest BCUT2D eigenvalue weighted by atomic mass is 10.3. The zero-order valence-electron chi connectivity index (χ0n) is 11.3. The number of hydrogen-bond donors (Lipinski definition) is 1. The zero-order valence-corrected chi connectivity index (χ0v) is 12.9. The van der Waals surface area contributed by atoms with E-state index in [4.69, 9.17) is 17.3 Å². The maximum atomic E-state index is 12.1. The number of carbonyl (C=O) groups excluding carboxylic acids is 1. The molecule has 0 bridgehead atoms. The molecule has 0 saturated carbocycles. The van der Waals surface area contributed by atoms with E-state index in [1.807, 2.05) is 13.8 Å². The molecule has 0 aliphatic rings. The summed E-state index contributed by atoms with van der Waals surface area (Å²) in [5.74, 6) is 0.431. The van der Waals surface area contributed by atoms with Gasteiger partial charge in [-0.1, -0.05) is 23.8 Å². The Labute approximate surface area is 123 Å². The van der Waals surface area contributed by atoms with Crippen LogP contribution in [-0.4, -0.2) is 29.6 Å². The predicted octanol–water partition coefficient (Wildman–Crippen LogP) is 3.44. The number of benzene rings is 1. The molecule has 0 aromatic heterocycles. The van der Waals surface area contributed by atoms with Crippen LogP contribution in [0, 0.1) is 0 Å². The molecular formula is C14H19ClN2OS. The van der Waals surface area contributed by atoms with Crippen LogP contribution in [0.25, 0.3) is 0 Å². The molecular weight excluding hydrogens is 280 g/mol. The Bertz CT molecular complexity index is 477. The van der Waals surface area contributed by atoms with Crippen LogP contribution in [0.1, 0.15) is 13.8 Å². The quantitative estimate of drug-likeness (QED) is 0.497. The molecule has 0 aliphatic carbocycles. The monoisotopic (exact) mass is 298 g/mol. The smallest absolute Gasteiger partial charge is 0.233 e. The van der Waals surface area contributed by atoms with Gasteiger partial charge >= 0.3 is 0 Å². The van der Waals surface area contributed by atoms with Gasteiger partial charge in [-0.15, -0.1) is 11.8 Å². The molecule has 1 rings (SSSR count). The highest BCUT2D eigenvalue weighted by molar-refractivity contribution is 8.00. The van der Waals surface area contributed by atoms with E-state index >= 15 is 0 Å². The van der Waals surface area contributed by atoms with Gasteiger partial charge in [0.25, 0.3) is 0 Å². The average molecular weight is 299 g/mol. The van der Waals surface area contributed by atoms with Gasteiger partial charge in [0.1, 0.15) is 0 Å². The van der Waals surface area contributed by atoms with Crippen LogP contribution in [0.2, 0.25) is 5.02 Å². The number of halogens is 1. The largest absolute Gasteiger partial charge is 0.398 e. The number of nitrogens with zero attached hydrogens (tertiary/aromatic N) is 1. The van der Waals surface area contributed by atoms with Crippen molar-refractivity contribution >= 4 is 35.0 Å². The van der Waals surface area contributed by atoms with Gasteiger partial charge in [0.05, 0.1) is 5.75 Å². The fraction of sp³-hybridized carbons (Fsp3) is 0.357. The van der Waals surface area contributed by atoms with E-state index < -0.39 is 0 Å². The highest BCUT2D eigenvalue weighted by Gasteiger charge is 2.12. The first-order valence-corrected chi connectivity index (χ1v) is 7.40. The van der Waals surface area contributed by atoms with E-state index in [9.17, 15) is 4.79 Å². The molecule has 1 aromatic rings. The van der Waals surface area contributed by atoms with Crippen LogP contribution in [0.3, 0.4) is 0 Å². The van der Waals surface area contributed by atoms with Gasteiger partial charge < -0.3 is 10.6 Å². The predicted molar refractivity (Wildman–Crippen MR) is 83.7 cm³/mol. The van der Waals surface area contributed by atoms with E-state index in [0.717, 1.165) is 10.5 Å². The maximum absolute atomic E-state index is 12.1. The van der Waals surface area contributed by atoms with Gasteiger partial charge in [0.15, 0.2) is 0 Å². The summed E-state index contributed by atoms with van der Waals surface area (Å²) in [5, 5.41) is 0.624. The number of nitrogens with two attached hydrogens (primary N) is 1. The van der Waals surface area contributed by atoms with Gasteiger partial charge in [-0.2, -0.15) is 0 Å². The van der Waals surface area contributed by atoms with Gasteiger partial charge in [0.2, 0.25) is 5.91 Å². The number of amides is 1. The minimum atomic E-state index is 0.0786. The molecule has 0 radical (unpaired) electrons. The minimum Gasteiger partial charge on any atom is -0.398 e. The van der Waals surface area contributed by atoms with Crippen molar-refractivity contribution in [1.29, 1.82) is 0 Å². The van der Waals surface area contributed by atoms with Crippen molar-refractivity contribution in [2.45, 2.75) is 18.7 Å². The summed E-state index contributed by atoms with van der Waals surface area (Å²) in [5.41, 5.74) is 7.46. The number of anilines is 1. The second kappa shape index (κ2) is 7.46. The molecule has 5 heteroatoms. The summed E-state index contributed by atoms with van der Waals surface area (Å²) >= 11 is 7.32. The molecule has 0 aliphatic heterocycles. The molecule has 0 saturated heterocycles. The third kappa shape index (κ3) is 5.17. The summed E-state index contributed by atoms with van der Waals surface area (Å²) in [6, 6.07) is 5.27. The van der Waals surface area contributed by atoms with E-state index in [0.29, 0.717) is 29.6 Å². The van der Waals surface area contributed by atoms with Crippen molar-refractivity contribution in [3.63, 3.8) is 0 Å². The Balaban J connectivity index is 2.62. The third-order valence-corrected chi connectivity index (χ3v) is 3.81. The zero-order chi connectivity index (χ0) is 14.4. The Morgan fingerprint density at radius 3 is 2.79 bits per heavy atom. The molecule has 0 fully saturated rings. The van der Waals surface area contributed by atoms with E-state index in [2.05, 4.69) is 6.58 Å². The summed E-state index contributed by atoms with van der Waals surface area (Å²) in [7, 11) is 0. The topological polar surface area (TPSA) is 46.3 Å². The van der Waals surface area contributed by atoms with Crippen LogP contribution in [0.15, 0.2) is 35.2 Å². The lowest BCUT2D eigenvalue weighted by molar-refractivity contribution is -0.127. The van der Waals surface area contributed by atoms with Gasteiger partial charge in [0, 0.05) is 28.7 Å². The van der Waals surface area contributed by atoms with Gasteiger partial charge in [-0.05, 0) is 32.0 Å². The van der Waals surface area contributed by atoms with Crippen LogP contribution in [0.4, 0.5) is 5.69 Å². The highest BCUT2D eigenvalue weighted by Crippen LogP contribution is 2.28. The molecule has 104 valence electrons. The number of thioether (sulfide) groups is 1. The van der Waals surface area contributed by atoms with Gasteiger partial charge in [-0.3, -0.25) is 4.79 Å². The Hall–Kier alpha value is -1.13. The first-order valence-electron chi connectivity index (χ1n) is 6.04. The minimum absolute atomic E-state index is 0.0786. The molecule has 3 nitrogen and oxygen atoms in total. The Morgan fingerprint density at radius 1 is 1.53 bits per heavy atom. The van der Waals surface area contributed by atoms with Crippen molar-refractivity contribution in [1.82, 2.24) is 4.90 Å². The third-order valence-electron chi connectivity index (χ3n) is 2.52. The highest BCUT2D eigenvalue weighted by atomic mass is 35.5. The van der Waals surface area contributed by atoms with Crippen molar-refractivity contribution in [2.75, 3.05) is 24.6 Å². The molecule has 0 atom stereocenters. The number of likely N-dealkylation sites (N-methyl/N-ethyl adjacent to an activating group) is 1. The second-order valence-corrected chi connectivity index (χ2v) is 5.79. The van der Waals surface area contributed by atoms with Crippen molar-refractivity contribution < 1.29 is 4.79 Å². The van der Waals surface area contributed by atoms with Gasteiger partial charge in [-0.25, -0.2) is 0 Å². The normalized spacial score (nSPS) is 10.3. The average Bonchev–Trinajstić information content (AvgIpc) is 2.36. The number of nitrogen functional groups attached to an aromatic ring is 1. The van der Waals surface area contributed by atoms with Crippen LogP contribution >= 0.6 is 23.4 Å². The number of rotatable bonds is 6. The molecule has 19 heavy (non-hydrogen) atoms. The fourth-order valence-corrected chi connectivity index (χ4v) is 2.71. The number of hydrogen-bond acceptors (Lipinski definition) is 3. The molecule has 1 aromatic carbocycles. The summed E-state index contributed by atoms with van der Waals surface area (Å²) < 4.78 is 0. The summed E-state index contributed by atoms with van der Waals surface area (Å²) in [4.78, 5) is 14.7. The number of carbonyl (C=O) groups is 1. The lowest BCUT2D eigenvalue weighted by Crippen LogP contribution is -2.33. The van der Waals surface area contributed by atoms with Crippen LogP contribution in [-0.2, 0) is 4.79 Å². The van der Waals surface area contributed by atoms with E-state index in [1.54, 1.807) is 23.1 Å². The molecule has 0 spiro atoms. The summed E-state index contributed by atoms with van der Waals surface area (Å²) in [6.45, 7) is 8.98. The molecule has 1 amide bonds. The molecule has 0 heterocycles. The van der Waals surface area contributed by atoms with E-state index in [1.165, 1.54) is 11.8 Å². The Kier molecular flexibility index (Phi) is 6.25. The molecule has 0 unspecified atom stereocenters. The maximum Gasteiger partial charge on any atom is 0.233 e. The van der Waals surface area contributed by atoms with Crippen molar-refractivity contribution in [2.24, 2.45) is 0 Å². The first kappa shape index (κ1) is 15.9. The van der Waals surface area contributed by atoms with Crippen LogP contribution in [0.5, 0.6) is 0 Å². The Morgan fingerprint density at radius 2 is 2.21 bits per heavy atom. The van der Waals surface area contributed by atoms with Crippen molar-refractivity contribution in [3.05, 3.63) is 35.4 Å². The van der Waals surface area contributed by atoms with Crippen molar-refractivity contribution in [3.8, 4) is 0 Å². The summed E-state index contributed by atoms with van der Waals surface area (Å²) in [6.07, 6.45) is 0. The second-order valence-electron chi connectivity index (χ2n) is 4.34. The fourth-order valence-electron chi connectivity index (χ4n) is 1.57. The SMILES string of the molecule is C=C(C)CN(CC)C(=O)CSc1cc(Cl)ccc1N. The standard InChI is InChI=1S/C14H19ClN2OS/c1-4-17(8-10(2)3)14(18)9-19-13-7-11(15)5-6-12(13)16/h5-7H,2,4,8-9,16H2,1,3H3. The van der Waals surface area contributed by atoms with E-state index in [-0.39, 0.29) is 5.91 Å². The molecule has 2 N–H and O–H groups in total. The first-order chi connectivity index (χ1) is 8.93. The van der Waals surface area contributed by atoms with Crippen LogP contribution < -0.4 is 5.73 Å². The lowest BCUT2D eigenvalue weighted by Gasteiger charge is -2.20.